The summed E-state index contributed by atoms with van der Waals surface area (Å²) in [6.45, 7) is 3.35. The van der Waals surface area contributed by atoms with Crippen LogP contribution in [0.5, 0.6) is 5.75 Å². The topological polar surface area (TPSA) is 137 Å². The van der Waals surface area contributed by atoms with Crippen LogP contribution in [0.1, 0.15) is 40.0 Å². The van der Waals surface area contributed by atoms with Gasteiger partial charge in [-0.25, -0.2) is 9.97 Å². The number of aromatic nitrogens is 2. The first-order valence-corrected chi connectivity index (χ1v) is 12.5. The van der Waals surface area contributed by atoms with Crippen LogP contribution in [-0.4, -0.2) is 69.8 Å². The third kappa shape index (κ3) is 5.88. The van der Waals surface area contributed by atoms with Crippen LogP contribution in [0.4, 0.5) is 5.95 Å². The van der Waals surface area contributed by atoms with E-state index in [-0.39, 0.29) is 49.2 Å². The van der Waals surface area contributed by atoms with Gasteiger partial charge in [-0.3, -0.25) is 9.59 Å². The second kappa shape index (κ2) is 11.8. The molecule has 0 spiro atoms. The van der Waals surface area contributed by atoms with E-state index in [0.29, 0.717) is 28.1 Å². The van der Waals surface area contributed by atoms with Gasteiger partial charge in [-0.15, -0.1) is 0 Å². The van der Waals surface area contributed by atoms with Crippen molar-refractivity contribution in [2.45, 2.75) is 32.5 Å². The number of hydrogen-bond acceptors (Lipinski definition) is 8. The number of amides is 2. The standard InChI is InChI=1S/C27H30ClN5O5/c1-15-5-4-6-17(7-15)22(14-35)31-24(36)12-33-11-20-19(26(33)37)8-18(9-23(20)38-3)25-21(28)10-29-27(32-25)30-16(2)13-34/h4-10,16,22,34-35H,11-14H2,1-3H3,(H,31,36)(H,29,30,32). The first-order chi connectivity index (χ1) is 18.2. The smallest absolute Gasteiger partial charge is 0.255 e. The third-order valence-corrected chi connectivity index (χ3v) is 6.54. The largest absolute Gasteiger partial charge is 0.496 e. The Morgan fingerprint density at radius 3 is 2.71 bits per heavy atom. The molecular weight excluding hydrogens is 510 g/mol. The predicted octanol–water partition coefficient (Wildman–Crippen LogP) is 2.71. The van der Waals surface area contributed by atoms with Crippen LogP contribution in [-0.2, 0) is 11.3 Å². The lowest BCUT2D eigenvalue weighted by Crippen LogP contribution is -2.40. The maximum atomic E-state index is 13.3. The number of aryl methyl sites for hydroxylation is 1. The zero-order valence-corrected chi connectivity index (χ0v) is 22.1. The Labute approximate surface area is 225 Å². The second-order valence-corrected chi connectivity index (χ2v) is 9.61. The SMILES string of the molecule is COc1cc(-c2nc(NC(C)CO)ncc2Cl)cc2c1CN(CC(=O)NC(CO)c1cccc(C)c1)C2=O. The van der Waals surface area contributed by atoms with Crippen LogP contribution in [0.25, 0.3) is 11.3 Å². The minimum atomic E-state index is -0.583. The summed E-state index contributed by atoms with van der Waals surface area (Å²) in [6.07, 6.45) is 1.44. The van der Waals surface area contributed by atoms with E-state index in [9.17, 15) is 19.8 Å². The lowest BCUT2D eigenvalue weighted by Gasteiger charge is -2.20. The van der Waals surface area contributed by atoms with Gasteiger partial charge in [0.2, 0.25) is 11.9 Å². The zero-order chi connectivity index (χ0) is 27.4. The summed E-state index contributed by atoms with van der Waals surface area (Å²) < 4.78 is 5.58. The summed E-state index contributed by atoms with van der Waals surface area (Å²) in [5.74, 6) is 0.0269. The summed E-state index contributed by atoms with van der Waals surface area (Å²) >= 11 is 6.39. The van der Waals surface area contributed by atoms with Crippen LogP contribution >= 0.6 is 11.6 Å². The molecule has 4 N–H and O–H groups in total. The molecule has 2 heterocycles. The van der Waals surface area contributed by atoms with E-state index in [1.165, 1.54) is 18.2 Å². The minimum Gasteiger partial charge on any atom is -0.496 e. The summed E-state index contributed by atoms with van der Waals surface area (Å²) in [5.41, 5.74) is 3.78. The number of fused-ring (bicyclic) bond motifs is 1. The van der Waals surface area contributed by atoms with Crippen LogP contribution < -0.4 is 15.4 Å². The number of hydrogen-bond donors (Lipinski definition) is 4. The Kier molecular flexibility index (Phi) is 8.45. The van der Waals surface area contributed by atoms with Gasteiger partial charge in [-0.05, 0) is 31.5 Å². The van der Waals surface area contributed by atoms with Crippen LogP contribution in [0, 0.1) is 6.92 Å². The number of nitrogens with one attached hydrogen (secondary N) is 2. The molecule has 4 rings (SSSR count). The molecule has 10 nitrogen and oxygen atoms in total. The van der Waals surface area contributed by atoms with Crippen molar-refractivity contribution in [2.75, 3.05) is 32.2 Å². The first kappa shape index (κ1) is 27.3. The molecule has 1 aromatic heterocycles. The summed E-state index contributed by atoms with van der Waals surface area (Å²) in [4.78, 5) is 36.2. The molecule has 0 fully saturated rings. The molecule has 38 heavy (non-hydrogen) atoms. The lowest BCUT2D eigenvalue weighted by molar-refractivity contribution is -0.122. The van der Waals surface area contributed by atoms with Gasteiger partial charge in [0.1, 0.15) is 12.3 Å². The number of anilines is 1. The number of carbonyl (C=O) groups is 2. The predicted molar refractivity (Wildman–Crippen MR) is 143 cm³/mol. The fraction of sp³-hybridized carbons (Fsp3) is 0.333. The van der Waals surface area contributed by atoms with Gasteiger partial charge in [0.05, 0.1) is 49.8 Å². The normalized spacial score (nSPS) is 14.2. The number of benzene rings is 2. The Hall–Kier alpha value is -3.73. The fourth-order valence-electron chi connectivity index (χ4n) is 4.32. The van der Waals surface area contributed by atoms with Gasteiger partial charge in [0.25, 0.3) is 5.91 Å². The van der Waals surface area contributed by atoms with Gasteiger partial charge in [0.15, 0.2) is 0 Å². The maximum Gasteiger partial charge on any atom is 0.255 e. The fourth-order valence-corrected chi connectivity index (χ4v) is 4.52. The minimum absolute atomic E-state index is 0.101. The third-order valence-electron chi connectivity index (χ3n) is 6.26. The van der Waals surface area contributed by atoms with Crippen LogP contribution in [0.3, 0.4) is 0 Å². The molecule has 200 valence electrons. The molecule has 0 saturated heterocycles. The van der Waals surface area contributed by atoms with Crippen molar-refractivity contribution in [1.82, 2.24) is 20.2 Å². The highest BCUT2D eigenvalue weighted by molar-refractivity contribution is 6.33. The van der Waals surface area contributed by atoms with Crippen molar-refractivity contribution in [1.29, 1.82) is 0 Å². The number of aliphatic hydroxyl groups excluding tert-OH is 2. The number of aliphatic hydroxyl groups is 2. The molecule has 2 amide bonds. The molecular formula is C27H30ClN5O5. The zero-order valence-electron chi connectivity index (χ0n) is 21.4. The molecule has 11 heteroatoms. The van der Waals surface area contributed by atoms with Crippen molar-refractivity contribution in [2.24, 2.45) is 0 Å². The molecule has 3 aromatic rings. The van der Waals surface area contributed by atoms with E-state index < -0.39 is 11.9 Å². The average molecular weight is 540 g/mol. The molecule has 0 saturated carbocycles. The van der Waals surface area contributed by atoms with E-state index in [0.717, 1.165) is 11.1 Å². The van der Waals surface area contributed by atoms with Gasteiger partial charge < -0.3 is 30.5 Å². The lowest BCUT2D eigenvalue weighted by atomic mass is 10.0. The monoisotopic (exact) mass is 539 g/mol. The highest BCUT2D eigenvalue weighted by Gasteiger charge is 2.33. The number of rotatable bonds is 10. The molecule has 1 aliphatic rings. The Morgan fingerprint density at radius 1 is 1.24 bits per heavy atom. The summed E-state index contributed by atoms with van der Waals surface area (Å²) in [5, 5.41) is 25.2. The van der Waals surface area contributed by atoms with E-state index in [4.69, 9.17) is 16.3 Å². The number of halogens is 1. The van der Waals surface area contributed by atoms with Crippen molar-refractivity contribution < 1.29 is 24.5 Å². The molecule has 2 unspecified atom stereocenters. The van der Waals surface area contributed by atoms with Crippen LogP contribution in [0.2, 0.25) is 5.02 Å². The van der Waals surface area contributed by atoms with Crippen molar-refractivity contribution in [3.8, 4) is 17.0 Å². The van der Waals surface area contributed by atoms with Crippen LogP contribution in [0.15, 0.2) is 42.6 Å². The van der Waals surface area contributed by atoms with E-state index in [1.54, 1.807) is 19.1 Å². The number of carbonyl (C=O) groups excluding carboxylic acids is 2. The highest BCUT2D eigenvalue weighted by atomic mass is 35.5. The first-order valence-electron chi connectivity index (χ1n) is 12.1. The molecule has 0 aliphatic carbocycles. The van der Waals surface area contributed by atoms with E-state index in [2.05, 4.69) is 20.6 Å². The summed E-state index contributed by atoms with van der Waals surface area (Å²) in [6, 6.07) is 10.1. The molecule has 2 atom stereocenters. The quantitative estimate of drug-likeness (QED) is 0.309. The highest BCUT2D eigenvalue weighted by Crippen LogP contribution is 2.37. The number of nitrogens with zero attached hydrogens (tertiary/aromatic N) is 3. The average Bonchev–Trinajstić information content (AvgIpc) is 3.22. The molecule has 1 aliphatic heterocycles. The Balaban J connectivity index is 1.55. The maximum absolute atomic E-state index is 13.3. The Bertz CT molecular complexity index is 1350. The molecule has 2 aromatic carbocycles. The van der Waals surface area contributed by atoms with Crippen molar-refractivity contribution in [3.05, 3.63) is 69.9 Å². The van der Waals surface area contributed by atoms with Gasteiger partial charge in [-0.1, -0.05) is 41.4 Å². The number of ether oxygens (including phenoxy) is 1. The van der Waals surface area contributed by atoms with Gasteiger partial charge in [-0.2, -0.15) is 0 Å². The second-order valence-electron chi connectivity index (χ2n) is 9.20. The van der Waals surface area contributed by atoms with E-state index in [1.807, 2.05) is 31.2 Å². The van der Waals surface area contributed by atoms with Gasteiger partial charge >= 0.3 is 0 Å². The number of methoxy groups -OCH3 is 1. The Morgan fingerprint density at radius 2 is 2.03 bits per heavy atom. The van der Waals surface area contributed by atoms with E-state index >= 15 is 0 Å². The van der Waals surface area contributed by atoms with Gasteiger partial charge in [0, 0.05) is 22.7 Å². The van der Waals surface area contributed by atoms with Crippen molar-refractivity contribution >= 4 is 29.4 Å². The summed E-state index contributed by atoms with van der Waals surface area (Å²) in [7, 11) is 1.50. The van der Waals surface area contributed by atoms with Crippen molar-refractivity contribution in [3.63, 3.8) is 0 Å². The molecule has 0 radical (unpaired) electrons. The molecule has 0 bridgehead atoms.